The van der Waals surface area contributed by atoms with Crippen molar-refractivity contribution in [3.05, 3.63) is 52.3 Å². The third-order valence-electron chi connectivity index (χ3n) is 2.18. The molecule has 0 aliphatic rings. The number of nitrogens with zero attached hydrogens (tertiary/aromatic N) is 2. The third kappa shape index (κ3) is 2.14. The second-order valence-corrected chi connectivity index (χ2v) is 4.05. The Labute approximate surface area is 101 Å². The van der Waals surface area contributed by atoms with Gasteiger partial charge in [-0.25, -0.2) is 4.79 Å². The molecule has 0 aliphatic carbocycles. The molecule has 5 heteroatoms. The molecule has 16 heavy (non-hydrogen) atoms. The fraction of sp³-hybridized carbons (Fsp3) is 0.0909. The van der Waals surface area contributed by atoms with Crippen LogP contribution in [0.15, 0.2) is 41.1 Å². The molecule has 0 saturated heterocycles. The first kappa shape index (κ1) is 10.9. The van der Waals surface area contributed by atoms with Crippen LogP contribution < -0.4 is 0 Å². The average Bonchev–Trinajstić information content (AvgIpc) is 2.62. The number of hydrogen-bond donors (Lipinski definition) is 1. The van der Waals surface area contributed by atoms with Crippen molar-refractivity contribution in [2.45, 2.75) is 6.54 Å². The minimum atomic E-state index is -0.980. The van der Waals surface area contributed by atoms with Crippen molar-refractivity contribution in [1.29, 1.82) is 0 Å². The highest BCUT2D eigenvalue weighted by Gasteiger charge is 2.13. The van der Waals surface area contributed by atoms with Crippen LogP contribution in [0.5, 0.6) is 0 Å². The van der Waals surface area contributed by atoms with Crippen LogP contribution in [-0.2, 0) is 6.54 Å². The summed E-state index contributed by atoms with van der Waals surface area (Å²) in [5.74, 6) is -0.980. The number of halogens is 1. The van der Waals surface area contributed by atoms with Crippen LogP contribution in [0.4, 0.5) is 0 Å². The van der Waals surface area contributed by atoms with Crippen LogP contribution in [-0.4, -0.2) is 20.9 Å². The summed E-state index contributed by atoms with van der Waals surface area (Å²) in [7, 11) is 0. The Balaban J connectivity index is 2.26. The molecule has 0 spiro atoms. The van der Waals surface area contributed by atoms with Crippen LogP contribution in [0.3, 0.4) is 0 Å². The normalized spacial score (nSPS) is 10.3. The summed E-state index contributed by atoms with van der Waals surface area (Å²) in [6.07, 6.45) is 1.34. The van der Waals surface area contributed by atoms with Crippen LogP contribution in [0.25, 0.3) is 0 Å². The lowest BCUT2D eigenvalue weighted by Gasteiger charge is -2.03. The average molecular weight is 281 g/mol. The molecular weight excluding hydrogens is 272 g/mol. The summed E-state index contributed by atoms with van der Waals surface area (Å²) in [5, 5.41) is 12.9. The molecule has 2 rings (SSSR count). The number of benzene rings is 1. The zero-order valence-corrected chi connectivity index (χ0v) is 9.89. The lowest BCUT2D eigenvalue weighted by atomic mass is 10.2. The van der Waals surface area contributed by atoms with Crippen molar-refractivity contribution in [3.63, 3.8) is 0 Å². The maximum atomic E-state index is 10.8. The number of aromatic nitrogens is 2. The van der Waals surface area contributed by atoms with Crippen LogP contribution in [0, 0.1) is 0 Å². The van der Waals surface area contributed by atoms with Crippen LogP contribution in [0.2, 0.25) is 0 Å². The van der Waals surface area contributed by atoms with Gasteiger partial charge in [-0.05, 0) is 21.5 Å². The highest BCUT2D eigenvalue weighted by molar-refractivity contribution is 9.10. The van der Waals surface area contributed by atoms with Crippen LogP contribution in [0.1, 0.15) is 15.9 Å². The molecule has 0 radical (unpaired) electrons. The molecular formula is C11H9BrN2O2. The molecule has 0 atom stereocenters. The quantitative estimate of drug-likeness (QED) is 0.939. The molecule has 0 fully saturated rings. The molecule has 0 unspecified atom stereocenters. The Hall–Kier alpha value is -1.62. The van der Waals surface area contributed by atoms with Crippen molar-refractivity contribution in [2.75, 3.05) is 0 Å². The minimum Gasteiger partial charge on any atom is -0.478 e. The van der Waals surface area contributed by atoms with E-state index in [1.165, 1.54) is 6.20 Å². The standard InChI is InChI=1S/C11H9BrN2O2/c12-10-9(11(15)16)6-13-14(10)7-8-4-2-1-3-5-8/h1-6H,7H2,(H,15,16). The molecule has 2 aromatic rings. The SMILES string of the molecule is O=C(O)c1cnn(Cc2ccccc2)c1Br. The van der Waals surface area contributed by atoms with E-state index in [1.807, 2.05) is 30.3 Å². The summed E-state index contributed by atoms with van der Waals surface area (Å²) in [6, 6.07) is 9.74. The molecule has 1 aromatic carbocycles. The fourth-order valence-corrected chi connectivity index (χ4v) is 1.87. The fourth-order valence-electron chi connectivity index (χ4n) is 1.38. The number of carboxylic acids is 1. The maximum absolute atomic E-state index is 10.8. The third-order valence-corrected chi connectivity index (χ3v) is 3.02. The summed E-state index contributed by atoms with van der Waals surface area (Å²) >= 11 is 3.23. The minimum absolute atomic E-state index is 0.177. The first-order valence-electron chi connectivity index (χ1n) is 4.67. The van der Waals surface area contributed by atoms with Crippen molar-refractivity contribution in [3.8, 4) is 0 Å². The lowest BCUT2D eigenvalue weighted by Crippen LogP contribution is -2.03. The second-order valence-electron chi connectivity index (χ2n) is 3.30. The van der Waals surface area contributed by atoms with E-state index in [-0.39, 0.29) is 5.56 Å². The zero-order chi connectivity index (χ0) is 11.5. The van der Waals surface area contributed by atoms with Gasteiger partial charge in [-0.1, -0.05) is 30.3 Å². The molecule has 4 nitrogen and oxygen atoms in total. The van der Waals surface area contributed by atoms with Crippen LogP contribution >= 0.6 is 15.9 Å². The molecule has 1 N–H and O–H groups in total. The summed E-state index contributed by atoms with van der Waals surface area (Å²) in [4.78, 5) is 10.8. The second kappa shape index (κ2) is 4.49. The number of carbonyl (C=O) groups is 1. The van der Waals surface area contributed by atoms with Gasteiger partial charge in [-0.15, -0.1) is 0 Å². The topological polar surface area (TPSA) is 55.1 Å². The van der Waals surface area contributed by atoms with E-state index in [9.17, 15) is 4.79 Å². The predicted octanol–water partition coefficient (Wildman–Crippen LogP) is 2.39. The Morgan fingerprint density at radius 3 is 2.62 bits per heavy atom. The molecule has 1 heterocycles. The number of hydrogen-bond acceptors (Lipinski definition) is 2. The summed E-state index contributed by atoms with van der Waals surface area (Å²) in [5.41, 5.74) is 1.25. The molecule has 0 bridgehead atoms. The molecule has 0 amide bonds. The van der Waals surface area contributed by atoms with E-state index in [0.717, 1.165) is 5.56 Å². The first-order chi connectivity index (χ1) is 7.68. The van der Waals surface area contributed by atoms with Gasteiger partial charge in [0.05, 0.1) is 12.7 Å². The number of rotatable bonds is 3. The van der Waals surface area contributed by atoms with Gasteiger partial charge in [-0.2, -0.15) is 5.10 Å². The maximum Gasteiger partial charge on any atom is 0.340 e. The monoisotopic (exact) mass is 280 g/mol. The molecule has 0 saturated carbocycles. The molecule has 1 aromatic heterocycles. The summed E-state index contributed by atoms with van der Waals surface area (Å²) in [6.45, 7) is 0.550. The Bertz CT molecular complexity index is 508. The van der Waals surface area contributed by atoms with Gasteiger partial charge in [0, 0.05) is 0 Å². The number of aromatic carboxylic acids is 1. The largest absolute Gasteiger partial charge is 0.478 e. The van der Waals surface area contributed by atoms with E-state index in [1.54, 1.807) is 4.68 Å². The van der Waals surface area contributed by atoms with Gasteiger partial charge in [0.15, 0.2) is 0 Å². The van der Waals surface area contributed by atoms with E-state index < -0.39 is 5.97 Å². The highest BCUT2D eigenvalue weighted by atomic mass is 79.9. The smallest absolute Gasteiger partial charge is 0.340 e. The Morgan fingerprint density at radius 2 is 2.06 bits per heavy atom. The Kier molecular flexibility index (Phi) is 3.05. The summed E-state index contributed by atoms with van der Waals surface area (Å²) < 4.78 is 2.10. The van der Waals surface area contributed by atoms with E-state index in [2.05, 4.69) is 21.0 Å². The highest BCUT2D eigenvalue weighted by Crippen LogP contribution is 2.17. The van der Waals surface area contributed by atoms with Gasteiger partial charge in [0.2, 0.25) is 0 Å². The zero-order valence-electron chi connectivity index (χ0n) is 8.30. The lowest BCUT2D eigenvalue weighted by molar-refractivity contribution is 0.0695. The first-order valence-corrected chi connectivity index (χ1v) is 5.46. The molecule has 82 valence electrons. The van der Waals surface area contributed by atoms with E-state index in [0.29, 0.717) is 11.1 Å². The Morgan fingerprint density at radius 1 is 1.38 bits per heavy atom. The van der Waals surface area contributed by atoms with Gasteiger partial charge in [-0.3, -0.25) is 4.68 Å². The van der Waals surface area contributed by atoms with E-state index in [4.69, 9.17) is 5.11 Å². The molecule has 0 aliphatic heterocycles. The van der Waals surface area contributed by atoms with Gasteiger partial charge in [0.1, 0.15) is 10.2 Å². The van der Waals surface area contributed by atoms with Crippen molar-refractivity contribution < 1.29 is 9.90 Å². The van der Waals surface area contributed by atoms with Crippen molar-refractivity contribution in [1.82, 2.24) is 9.78 Å². The van der Waals surface area contributed by atoms with Gasteiger partial charge in [0.25, 0.3) is 0 Å². The predicted molar refractivity (Wildman–Crippen MR) is 62.4 cm³/mol. The van der Waals surface area contributed by atoms with Gasteiger partial charge < -0.3 is 5.11 Å². The number of carboxylic acid groups (broad SMARTS) is 1. The van der Waals surface area contributed by atoms with Crippen molar-refractivity contribution >= 4 is 21.9 Å². The van der Waals surface area contributed by atoms with E-state index >= 15 is 0 Å². The van der Waals surface area contributed by atoms with Crippen molar-refractivity contribution in [2.24, 2.45) is 0 Å². The van der Waals surface area contributed by atoms with Gasteiger partial charge >= 0.3 is 5.97 Å².